The highest BCUT2D eigenvalue weighted by molar-refractivity contribution is 6.31. The van der Waals surface area contributed by atoms with Gasteiger partial charge in [0.25, 0.3) is 0 Å². The first-order chi connectivity index (χ1) is 5.66. The van der Waals surface area contributed by atoms with Crippen molar-refractivity contribution in [1.82, 2.24) is 0 Å². The molecule has 0 fully saturated rings. The Hall–Kier alpha value is -0.570. The molecule has 1 rings (SSSR count). The maximum Gasteiger partial charge on any atom is 0.0929 e. The van der Waals surface area contributed by atoms with E-state index in [1.165, 1.54) is 0 Å². The molecular weight excluding hydrogens is 174 g/mol. The molecule has 0 aliphatic carbocycles. The highest BCUT2D eigenvalue weighted by atomic mass is 35.5. The van der Waals surface area contributed by atoms with Crippen LogP contribution in [0.5, 0.6) is 0 Å². The molecule has 0 saturated heterocycles. The Balaban J connectivity index is 3.12. The van der Waals surface area contributed by atoms with E-state index in [-0.39, 0.29) is 6.54 Å². The van der Waals surface area contributed by atoms with Gasteiger partial charge in [-0.05, 0) is 18.6 Å². The van der Waals surface area contributed by atoms with Crippen molar-refractivity contribution in [3.63, 3.8) is 0 Å². The summed E-state index contributed by atoms with van der Waals surface area (Å²) in [5.41, 5.74) is 7.04. The molecule has 3 N–H and O–H groups in total. The lowest BCUT2D eigenvalue weighted by Crippen LogP contribution is -2.13. The third-order valence-corrected chi connectivity index (χ3v) is 2.16. The van der Waals surface area contributed by atoms with Crippen LogP contribution < -0.4 is 5.73 Å². The Kier molecular flexibility index (Phi) is 3.09. The maximum atomic E-state index is 9.48. The van der Waals surface area contributed by atoms with Crippen LogP contribution in [-0.2, 0) is 0 Å². The molecule has 0 heterocycles. The van der Waals surface area contributed by atoms with E-state index >= 15 is 0 Å². The first-order valence-electron chi connectivity index (χ1n) is 3.80. The molecule has 1 aromatic rings. The van der Waals surface area contributed by atoms with Crippen molar-refractivity contribution in [3.8, 4) is 0 Å². The zero-order chi connectivity index (χ0) is 9.14. The topological polar surface area (TPSA) is 46.2 Å². The standard InChI is InChI=1S/C9H12ClNO/c1-6-3-2-4-7(10)9(6)8(12)5-11/h2-4,8,12H,5,11H2,1H3. The molecule has 1 atom stereocenters. The molecule has 0 saturated carbocycles. The third-order valence-electron chi connectivity index (χ3n) is 1.83. The monoisotopic (exact) mass is 185 g/mol. The molecule has 1 aromatic carbocycles. The summed E-state index contributed by atoms with van der Waals surface area (Å²) in [6.45, 7) is 2.10. The Morgan fingerprint density at radius 2 is 2.25 bits per heavy atom. The Morgan fingerprint density at radius 1 is 1.58 bits per heavy atom. The van der Waals surface area contributed by atoms with Gasteiger partial charge >= 0.3 is 0 Å². The number of rotatable bonds is 2. The largest absolute Gasteiger partial charge is 0.387 e. The molecule has 0 bridgehead atoms. The quantitative estimate of drug-likeness (QED) is 0.736. The second kappa shape index (κ2) is 3.90. The SMILES string of the molecule is Cc1cccc(Cl)c1C(O)CN. The Bertz CT molecular complexity index is 255. The molecule has 12 heavy (non-hydrogen) atoms. The van der Waals surface area contributed by atoms with Gasteiger partial charge in [-0.2, -0.15) is 0 Å². The molecule has 0 aliphatic rings. The molecule has 0 aromatic heterocycles. The van der Waals surface area contributed by atoms with Crippen molar-refractivity contribution in [2.75, 3.05) is 6.54 Å². The van der Waals surface area contributed by atoms with Crippen LogP contribution in [0.25, 0.3) is 0 Å². The van der Waals surface area contributed by atoms with Crippen molar-refractivity contribution < 1.29 is 5.11 Å². The lowest BCUT2D eigenvalue weighted by atomic mass is 10.0. The van der Waals surface area contributed by atoms with Gasteiger partial charge in [-0.1, -0.05) is 23.7 Å². The van der Waals surface area contributed by atoms with Gasteiger partial charge < -0.3 is 10.8 Å². The van der Waals surface area contributed by atoms with Gasteiger partial charge in [0.15, 0.2) is 0 Å². The van der Waals surface area contributed by atoms with E-state index in [0.717, 1.165) is 11.1 Å². The van der Waals surface area contributed by atoms with Gasteiger partial charge in [0.05, 0.1) is 6.10 Å². The highest BCUT2D eigenvalue weighted by Gasteiger charge is 2.11. The fourth-order valence-corrected chi connectivity index (χ4v) is 1.53. The molecule has 0 spiro atoms. The van der Waals surface area contributed by atoms with Crippen LogP contribution >= 0.6 is 11.6 Å². The van der Waals surface area contributed by atoms with Crippen LogP contribution in [0, 0.1) is 6.92 Å². The summed E-state index contributed by atoms with van der Waals surface area (Å²) in [5.74, 6) is 0. The van der Waals surface area contributed by atoms with Gasteiger partial charge in [-0.15, -0.1) is 0 Å². The highest BCUT2D eigenvalue weighted by Crippen LogP contribution is 2.25. The number of hydrogen-bond acceptors (Lipinski definition) is 2. The van der Waals surface area contributed by atoms with Crippen molar-refractivity contribution in [2.24, 2.45) is 5.73 Å². The van der Waals surface area contributed by atoms with E-state index in [1.54, 1.807) is 6.07 Å². The van der Waals surface area contributed by atoms with E-state index < -0.39 is 6.10 Å². The molecule has 0 radical (unpaired) electrons. The average molecular weight is 186 g/mol. The van der Waals surface area contributed by atoms with Crippen LogP contribution in [0.3, 0.4) is 0 Å². The smallest absolute Gasteiger partial charge is 0.0929 e. The van der Waals surface area contributed by atoms with E-state index in [2.05, 4.69) is 0 Å². The van der Waals surface area contributed by atoms with E-state index in [1.807, 2.05) is 19.1 Å². The molecular formula is C9H12ClNO. The minimum absolute atomic E-state index is 0.199. The van der Waals surface area contributed by atoms with Gasteiger partial charge in [-0.3, -0.25) is 0 Å². The fourth-order valence-electron chi connectivity index (χ4n) is 1.18. The molecule has 66 valence electrons. The third kappa shape index (κ3) is 1.78. The molecule has 1 unspecified atom stereocenters. The summed E-state index contributed by atoms with van der Waals surface area (Å²) in [4.78, 5) is 0. The molecule has 0 amide bonds. The van der Waals surface area contributed by atoms with Crippen molar-refractivity contribution in [3.05, 3.63) is 34.3 Å². The molecule has 2 nitrogen and oxygen atoms in total. The van der Waals surface area contributed by atoms with Crippen LogP contribution in [0.15, 0.2) is 18.2 Å². The molecule has 3 heteroatoms. The average Bonchev–Trinajstić information content (AvgIpc) is 2.03. The minimum Gasteiger partial charge on any atom is -0.387 e. The normalized spacial score (nSPS) is 13.0. The summed E-state index contributed by atoms with van der Waals surface area (Å²) in [6.07, 6.45) is -0.654. The Morgan fingerprint density at radius 3 is 2.75 bits per heavy atom. The van der Waals surface area contributed by atoms with Gasteiger partial charge in [0.1, 0.15) is 0 Å². The number of benzene rings is 1. The van der Waals surface area contributed by atoms with Crippen LogP contribution in [0.2, 0.25) is 5.02 Å². The summed E-state index contributed by atoms with van der Waals surface area (Å²) in [6, 6.07) is 5.51. The number of nitrogens with two attached hydrogens (primary N) is 1. The first-order valence-corrected chi connectivity index (χ1v) is 4.17. The summed E-state index contributed by atoms with van der Waals surface area (Å²) >= 11 is 5.89. The number of halogens is 1. The van der Waals surface area contributed by atoms with Gasteiger partial charge in [0, 0.05) is 17.1 Å². The van der Waals surface area contributed by atoms with Crippen molar-refractivity contribution in [1.29, 1.82) is 0 Å². The number of aliphatic hydroxyl groups excluding tert-OH is 1. The van der Waals surface area contributed by atoms with E-state index in [9.17, 15) is 5.11 Å². The zero-order valence-electron chi connectivity index (χ0n) is 6.92. The minimum atomic E-state index is -0.654. The van der Waals surface area contributed by atoms with Crippen molar-refractivity contribution in [2.45, 2.75) is 13.0 Å². The summed E-state index contributed by atoms with van der Waals surface area (Å²) < 4.78 is 0. The van der Waals surface area contributed by atoms with Gasteiger partial charge in [0.2, 0.25) is 0 Å². The number of hydrogen-bond donors (Lipinski definition) is 2. The molecule has 0 aliphatic heterocycles. The van der Waals surface area contributed by atoms with Crippen molar-refractivity contribution >= 4 is 11.6 Å². The second-order valence-electron chi connectivity index (χ2n) is 2.72. The fraction of sp³-hybridized carbons (Fsp3) is 0.333. The zero-order valence-corrected chi connectivity index (χ0v) is 7.67. The Labute approximate surface area is 77.0 Å². The maximum absolute atomic E-state index is 9.48. The lowest BCUT2D eigenvalue weighted by Gasteiger charge is -2.12. The predicted octanol–water partition coefficient (Wildman–Crippen LogP) is 1.64. The summed E-state index contributed by atoms with van der Waals surface area (Å²) in [5, 5.41) is 10.1. The summed E-state index contributed by atoms with van der Waals surface area (Å²) in [7, 11) is 0. The number of aliphatic hydroxyl groups is 1. The number of aryl methyl sites for hydroxylation is 1. The second-order valence-corrected chi connectivity index (χ2v) is 3.13. The first kappa shape index (κ1) is 9.52. The van der Waals surface area contributed by atoms with E-state index in [0.29, 0.717) is 5.02 Å². The van der Waals surface area contributed by atoms with Crippen LogP contribution in [0.1, 0.15) is 17.2 Å². The lowest BCUT2D eigenvalue weighted by molar-refractivity contribution is 0.186. The van der Waals surface area contributed by atoms with E-state index in [4.69, 9.17) is 17.3 Å². The van der Waals surface area contributed by atoms with Gasteiger partial charge in [-0.25, -0.2) is 0 Å². The van der Waals surface area contributed by atoms with Crippen LogP contribution in [0.4, 0.5) is 0 Å². The predicted molar refractivity (Wildman–Crippen MR) is 50.2 cm³/mol. The van der Waals surface area contributed by atoms with Crippen LogP contribution in [-0.4, -0.2) is 11.7 Å².